The molecular weight excluding hydrogens is 917 g/mol. The van der Waals surface area contributed by atoms with Crippen LogP contribution < -0.4 is 0 Å². The maximum absolute atomic E-state index is 5.08. The summed E-state index contributed by atoms with van der Waals surface area (Å²) in [5.41, 5.74) is 17.4. The van der Waals surface area contributed by atoms with E-state index in [1.807, 2.05) is 24.3 Å². The van der Waals surface area contributed by atoms with Crippen LogP contribution in [0.15, 0.2) is 255 Å². The van der Waals surface area contributed by atoms with Crippen LogP contribution in [0, 0.1) is 0 Å². The molecule has 0 saturated carbocycles. The summed E-state index contributed by atoms with van der Waals surface area (Å²) in [6.45, 7) is 0. The van der Waals surface area contributed by atoms with Gasteiger partial charge in [0.25, 0.3) is 0 Å². The second-order valence-electron chi connectivity index (χ2n) is 19.0. The molecule has 75 heavy (non-hydrogen) atoms. The van der Waals surface area contributed by atoms with Crippen molar-refractivity contribution in [2.24, 2.45) is 0 Å². The number of benzene rings is 9. The van der Waals surface area contributed by atoms with E-state index in [0.29, 0.717) is 17.5 Å². The van der Waals surface area contributed by atoms with Crippen LogP contribution in [0.1, 0.15) is 0 Å². The molecule has 0 aliphatic carbocycles. The minimum atomic E-state index is 0.571. The van der Waals surface area contributed by atoms with Crippen LogP contribution >= 0.6 is 0 Å². The monoisotopic (exact) mass is 958 g/mol. The Bertz CT molecular complexity index is 4420. The SMILES string of the molecule is c1ccc(-n2c3ccccc3c3cc(-c4ccc5c(c4)c4cc(-c6ccc7c(c6)c6ccccc6n7-c6ccccc6)ccc4n5-c4cccc(-c5nc(-c6ccncc6)nc(-c6ccncc6)n5)c4)ccc32)cc1. The molecule has 0 radical (unpaired) electrons. The zero-order valence-corrected chi connectivity index (χ0v) is 40.3. The van der Waals surface area contributed by atoms with Crippen LogP contribution in [0.3, 0.4) is 0 Å². The number of rotatable bonds is 8. The first-order valence-electron chi connectivity index (χ1n) is 25.1. The Balaban J connectivity index is 0.922. The molecule has 0 bridgehead atoms. The van der Waals surface area contributed by atoms with E-state index in [1.54, 1.807) is 24.8 Å². The average Bonchev–Trinajstić information content (AvgIpc) is 4.18. The van der Waals surface area contributed by atoms with Crippen molar-refractivity contribution in [1.82, 2.24) is 38.6 Å². The van der Waals surface area contributed by atoms with Crippen LogP contribution in [-0.4, -0.2) is 38.6 Å². The molecule has 0 aliphatic rings. The van der Waals surface area contributed by atoms with Gasteiger partial charge in [0.15, 0.2) is 17.5 Å². The molecule has 9 aromatic carbocycles. The number of pyridine rings is 2. The topological polar surface area (TPSA) is 79.2 Å². The fourth-order valence-electron chi connectivity index (χ4n) is 11.2. The van der Waals surface area contributed by atoms with Crippen molar-refractivity contribution in [2.45, 2.75) is 0 Å². The van der Waals surface area contributed by atoms with E-state index in [9.17, 15) is 0 Å². The number of aromatic nitrogens is 8. The van der Waals surface area contributed by atoms with E-state index < -0.39 is 0 Å². The van der Waals surface area contributed by atoms with Crippen molar-refractivity contribution in [3.05, 3.63) is 255 Å². The number of hydrogen-bond donors (Lipinski definition) is 0. The number of para-hydroxylation sites is 4. The van der Waals surface area contributed by atoms with Gasteiger partial charge in [0.05, 0.1) is 33.1 Å². The van der Waals surface area contributed by atoms with E-state index in [4.69, 9.17) is 15.0 Å². The van der Waals surface area contributed by atoms with Crippen LogP contribution in [-0.2, 0) is 0 Å². The molecule has 6 aromatic heterocycles. The lowest BCUT2D eigenvalue weighted by Crippen LogP contribution is -2.01. The minimum absolute atomic E-state index is 0.571. The molecule has 8 nitrogen and oxygen atoms in total. The molecule has 0 saturated heterocycles. The largest absolute Gasteiger partial charge is 0.309 e. The zero-order chi connectivity index (χ0) is 49.4. The molecule has 15 rings (SSSR count). The van der Waals surface area contributed by atoms with E-state index >= 15 is 0 Å². The molecule has 0 aliphatic heterocycles. The van der Waals surface area contributed by atoms with Gasteiger partial charge in [-0.15, -0.1) is 0 Å². The van der Waals surface area contributed by atoms with Crippen LogP contribution in [0.5, 0.6) is 0 Å². The summed E-state index contributed by atoms with van der Waals surface area (Å²) in [7, 11) is 0. The van der Waals surface area contributed by atoms with Crippen LogP contribution in [0.25, 0.3) is 139 Å². The molecule has 0 fully saturated rings. The van der Waals surface area contributed by atoms with Gasteiger partial charge in [0.1, 0.15) is 0 Å². The molecule has 0 atom stereocenters. The molecule has 0 N–H and O–H groups in total. The van der Waals surface area contributed by atoms with Gasteiger partial charge >= 0.3 is 0 Å². The Kier molecular flexibility index (Phi) is 9.71. The highest BCUT2D eigenvalue weighted by Gasteiger charge is 2.20. The van der Waals surface area contributed by atoms with Gasteiger partial charge in [-0.25, -0.2) is 15.0 Å². The highest BCUT2D eigenvalue weighted by Crippen LogP contribution is 2.41. The van der Waals surface area contributed by atoms with Crippen LogP contribution in [0.2, 0.25) is 0 Å². The lowest BCUT2D eigenvalue weighted by molar-refractivity contribution is 1.07. The van der Waals surface area contributed by atoms with Gasteiger partial charge in [-0.1, -0.05) is 109 Å². The summed E-state index contributed by atoms with van der Waals surface area (Å²) in [6, 6.07) is 82.6. The lowest BCUT2D eigenvalue weighted by Gasteiger charge is -2.12. The summed E-state index contributed by atoms with van der Waals surface area (Å²) in [6.07, 6.45) is 7.04. The molecule has 350 valence electrons. The predicted octanol–water partition coefficient (Wildman–Crippen LogP) is 16.3. The minimum Gasteiger partial charge on any atom is -0.309 e. The number of fused-ring (bicyclic) bond motifs is 9. The fourth-order valence-corrected chi connectivity index (χ4v) is 11.2. The van der Waals surface area contributed by atoms with Crippen molar-refractivity contribution < 1.29 is 0 Å². The second-order valence-corrected chi connectivity index (χ2v) is 19.0. The van der Waals surface area contributed by atoms with Gasteiger partial charge in [-0.3, -0.25) is 9.97 Å². The standard InChI is InChI=1S/C67H42N8/c1-3-13-50(14-4-1)73-59-20-9-7-18-53(59)55-39-45(22-26-61(55)73)47-24-28-63-57(41-47)58-42-48(46-23-27-62-56(40-46)54-19-8-10-21-60(54)74(62)51-15-5-2-6-16-51)25-29-64(58)75(63)52-17-11-12-49(38-52)67-71-65(43-30-34-68-35-31-43)70-66(72-67)44-32-36-69-37-33-44/h1-42H. The van der Waals surface area contributed by atoms with Gasteiger partial charge in [-0.05, 0) is 144 Å². The van der Waals surface area contributed by atoms with E-state index in [1.165, 1.54) is 43.6 Å². The molecular formula is C67H42N8. The Morgan fingerprint density at radius 2 is 0.547 bits per heavy atom. The van der Waals surface area contributed by atoms with Crippen molar-refractivity contribution >= 4 is 65.4 Å². The summed E-state index contributed by atoms with van der Waals surface area (Å²) in [4.78, 5) is 23.6. The number of hydrogen-bond acceptors (Lipinski definition) is 5. The highest BCUT2D eigenvalue weighted by molar-refractivity contribution is 6.14. The molecule has 0 amide bonds. The first-order chi connectivity index (χ1) is 37.2. The molecule has 15 aromatic rings. The molecule has 0 spiro atoms. The van der Waals surface area contributed by atoms with Crippen molar-refractivity contribution in [1.29, 1.82) is 0 Å². The van der Waals surface area contributed by atoms with E-state index in [-0.39, 0.29) is 0 Å². The predicted molar refractivity (Wildman–Crippen MR) is 306 cm³/mol. The second kappa shape index (κ2) is 17.2. The quantitative estimate of drug-likeness (QED) is 0.152. The average molecular weight is 959 g/mol. The Hall–Kier alpha value is -10.3. The lowest BCUT2D eigenvalue weighted by atomic mass is 9.98. The van der Waals surface area contributed by atoms with E-state index in [0.717, 1.165) is 77.8 Å². The van der Waals surface area contributed by atoms with Crippen molar-refractivity contribution in [3.63, 3.8) is 0 Å². The van der Waals surface area contributed by atoms with Gasteiger partial charge in [0.2, 0.25) is 0 Å². The fraction of sp³-hybridized carbons (Fsp3) is 0. The number of nitrogens with zero attached hydrogens (tertiary/aromatic N) is 8. The Morgan fingerprint density at radius 3 is 0.973 bits per heavy atom. The first-order valence-corrected chi connectivity index (χ1v) is 25.1. The van der Waals surface area contributed by atoms with Gasteiger partial charge in [-0.2, -0.15) is 0 Å². The smallest absolute Gasteiger partial charge is 0.164 e. The zero-order valence-electron chi connectivity index (χ0n) is 40.3. The van der Waals surface area contributed by atoms with Gasteiger partial charge in [0, 0.05) is 90.9 Å². The highest BCUT2D eigenvalue weighted by atomic mass is 15.0. The maximum Gasteiger partial charge on any atom is 0.164 e. The van der Waals surface area contributed by atoms with Gasteiger partial charge < -0.3 is 13.7 Å². The summed E-state index contributed by atoms with van der Waals surface area (Å²) < 4.78 is 7.12. The molecule has 6 heterocycles. The summed E-state index contributed by atoms with van der Waals surface area (Å²) >= 11 is 0. The van der Waals surface area contributed by atoms with Crippen LogP contribution in [0.4, 0.5) is 0 Å². The summed E-state index contributed by atoms with van der Waals surface area (Å²) in [5, 5.41) is 7.20. The third-order valence-electron chi connectivity index (χ3n) is 14.7. The summed E-state index contributed by atoms with van der Waals surface area (Å²) in [5.74, 6) is 1.72. The third kappa shape index (κ3) is 7.03. The molecule has 0 unspecified atom stereocenters. The van der Waals surface area contributed by atoms with Crippen molar-refractivity contribution in [2.75, 3.05) is 0 Å². The third-order valence-corrected chi connectivity index (χ3v) is 14.7. The first kappa shape index (κ1) is 42.4. The normalized spacial score (nSPS) is 11.7. The molecule has 8 heteroatoms. The maximum atomic E-state index is 5.08. The van der Waals surface area contributed by atoms with E-state index in [2.05, 4.69) is 230 Å². The Morgan fingerprint density at radius 1 is 0.213 bits per heavy atom. The Labute approximate surface area is 430 Å². The van der Waals surface area contributed by atoms with Crippen molar-refractivity contribution in [3.8, 4) is 73.5 Å².